The monoisotopic (exact) mass is 239 g/mol. The molecule has 0 spiro atoms. The Labute approximate surface area is 103 Å². The maximum atomic E-state index is 12.2. The highest BCUT2D eigenvalue weighted by Crippen LogP contribution is 2.20. The SMILES string of the molecule is CB(O)N1CCC(C(=O)N2CCNCC2)CC1. The highest BCUT2D eigenvalue weighted by atomic mass is 16.2. The standard InChI is InChI=1S/C11H22BN3O2/c1-12(17)15-6-2-10(3-7-15)11(16)14-8-4-13-5-9-14/h10,13,17H,2-9H2,1H3. The Hall–Kier alpha value is -0.585. The van der Waals surface area contributed by atoms with Crippen molar-refractivity contribution in [3.05, 3.63) is 0 Å². The zero-order valence-electron chi connectivity index (χ0n) is 10.6. The number of piperidine rings is 1. The number of rotatable bonds is 2. The molecule has 2 heterocycles. The molecular weight excluding hydrogens is 217 g/mol. The van der Waals surface area contributed by atoms with Crippen molar-refractivity contribution in [2.24, 2.45) is 5.92 Å². The van der Waals surface area contributed by atoms with E-state index in [-0.39, 0.29) is 13.0 Å². The van der Waals surface area contributed by atoms with Crippen LogP contribution in [-0.2, 0) is 4.79 Å². The number of piperazine rings is 1. The Kier molecular flexibility index (Phi) is 4.42. The van der Waals surface area contributed by atoms with Gasteiger partial charge in [-0.1, -0.05) is 0 Å². The van der Waals surface area contributed by atoms with E-state index in [1.165, 1.54) is 0 Å². The summed E-state index contributed by atoms with van der Waals surface area (Å²) in [7, 11) is -0.384. The van der Waals surface area contributed by atoms with E-state index in [2.05, 4.69) is 5.32 Å². The normalized spacial score (nSPS) is 23.8. The minimum atomic E-state index is -0.384. The second-order valence-corrected chi connectivity index (χ2v) is 5.02. The summed E-state index contributed by atoms with van der Waals surface area (Å²) in [5.41, 5.74) is 0. The Morgan fingerprint density at radius 2 is 1.82 bits per heavy atom. The number of carbonyl (C=O) groups excluding carboxylic acids is 1. The molecule has 0 aromatic rings. The number of nitrogens with one attached hydrogen (secondary N) is 1. The summed E-state index contributed by atoms with van der Waals surface area (Å²) in [4.78, 5) is 16.3. The minimum Gasteiger partial charge on any atom is -0.437 e. The lowest BCUT2D eigenvalue weighted by Gasteiger charge is -2.36. The average molecular weight is 239 g/mol. The summed E-state index contributed by atoms with van der Waals surface area (Å²) >= 11 is 0. The topological polar surface area (TPSA) is 55.8 Å². The summed E-state index contributed by atoms with van der Waals surface area (Å²) < 4.78 is 0. The molecule has 1 amide bonds. The molecule has 5 nitrogen and oxygen atoms in total. The van der Waals surface area contributed by atoms with Gasteiger partial charge in [-0.2, -0.15) is 0 Å². The van der Waals surface area contributed by atoms with Crippen molar-refractivity contribution in [2.45, 2.75) is 19.7 Å². The molecule has 0 aromatic carbocycles. The predicted molar refractivity (Wildman–Crippen MR) is 67.6 cm³/mol. The molecule has 17 heavy (non-hydrogen) atoms. The molecule has 0 aromatic heterocycles. The average Bonchev–Trinajstić information content (AvgIpc) is 2.39. The number of nitrogens with zero attached hydrogens (tertiary/aromatic N) is 2. The summed E-state index contributed by atoms with van der Waals surface area (Å²) in [6.45, 7) is 6.97. The van der Waals surface area contributed by atoms with Gasteiger partial charge in [0, 0.05) is 32.1 Å². The number of amides is 1. The van der Waals surface area contributed by atoms with E-state index in [0.29, 0.717) is 5.91 Å². The largest absolute Gasteiger partial charge is 0.437 e. The van der Waals surface area contributed by atoms with E-state index < -0.39 is 0 Å². The van der Waals surface area contributed by atoms with Crippen molar-refractivity contribution in [3.63, 3.8) is 0 Å². The smallest absolute Gasteiger partial charge is 0.376 e. The van der Waals surface area contributed by atoms with Crippen molar-refractivity contribution < 1.29 is 9.82 Å². The molecule has 0 atom stereocenters. The van der Waals surface area contributed by atoms with Crippen LogP contribution in [0.2, 0.25) is 6.82 Å². The molecule has 2 aliphatic heterocycles. The predicted octanol–water partition coefficient (Wildman–Crippen LogP) is -0.759. The van der Waals surface area contributed by atoms with Gasteiger partial charge in [0.05, 0.1) is 0 Å². The van der Waals surface area contributed by atoms with Crippen molar-refractivity contribution in [1.82, 2.24) is 15.0 Å². The summed E-state index contributed by atoms with van der Waals surface area (Å²) in [6.07, 6.45) is 1.77. The molecule has 0 bridgehead atoms. The van der Waals surface area contributed by atoms with Crippen LogP contribution in [-0.4, -0.2) is 67.0 Å². The van der Waals surface area contributed by atoms with E-state index in [0.717, 1.165) is 52.1 Å². The molecular formula is C11H22BN3O2. The number of carbonyl (C=O) groups is 1. The first-order valence-electron chi connectivity index (χ1n) is 6.60. The van der Waals surface area contributed by atoms with Crippen LogP contribution in [0.3, 0.4) is 0 Å². The maximum absolute atomic E-state index is 12.2. The molecule has 2 rings (SSSR count). The van der Waals surface area contributed by atoms with Gasteiger partial charge in [-0.3, -0.25) is 4.79 Å². The van der Waals surface area contributed by atoms with E-state index >= 15 is 0 Å². The van der Waals surface area contributed by atoms with E-state index in [1.807, 2.05) is 9.71 Å². The second kappa shape index (κ2) is 5.84. The summed E-state index contributed by atoms with van der Waals surface area (Å²) in [6, 6.07) is 0. The van der Waals surface area contributed by atoms with Crippen LogP contribution in [0, 0.1) is 5.92 Å². The molecule has 0 aliphatic carbocycles. The number of hydrogen-bond acceptors (Lipinski definition) is 4. The molecule has 2 saturated heterocycles. The van der Waals surface area contributed by atoms with E-state index in [4.69, 9.17) is 0 Å². The fourth-order valence-electron chi connectivity index (χ4n) is 2.66. The van der Waals surface area contributed by atoms with Crippen molar-refractivity contribution in [3.8, 4) is 0 Å². The van der Waals surface area contributed by atoms with Crippen molar-refractivity contribution >= 4 is 13.0 Å². The lowest BCUT2D eigenvalue weighted by Crippen LogP contribution is -2.51. The lowest BCUT2D eigenvalue weighted by atomic mass is 9.80. The molecule has 2 fully saturated rings. The first-order chi connectivity index (χ1) is 8.18. The van der Waals surface area contributed by atoms with Crippen molar-refractivity contribution in [1.29, 1.82) is 0 Å². The first kappa shape index (κ1) is 12.9. The third-order valence-electron chi connectivity index (χ3n) is 3.84. The zero-order valence-corrected chi connectivity index (χ0v) is 10.6. The molecule has 0 saturated carbocycles. The van der Waals surface area contributed by atoms with Gasteiger partial charge in [0.2, 0.25) is 5.91 Å². The third-order valence-corrected chi connectivity index (χ3v) is 3.84. The van der Waals surface area contributed by atoms with Crippen LogP contribution in [0.1, 0.15) is 12.8 Å². The van der Waals surface area contributed by atoms with Crippen LogP contribution < -0.4 is 5.32 Å². The fraction of sp³-hybridized carbons (Fsp3) is 0.909. The van der Waals surface area contributed by atoms with Gasteiger partial charge < -0.3 is 20.1 Å². The maximum Gasteiger partial charge on any atom is 0.376 e. The van der Waals surface area contributed by atoms with Crippen LogP contribution in [0.5, 0.6) is 0 Å². The molecule has 6 heteroatoms. The van der Waals surface area contributed by atoms with Crippen LogP contribution in [0.15, 0.2) is 0 Å². The highest BCUT2D eigenvalue weighted by Gasteiger charge is 2.30. The zero-order chi connectivity index (χ0) is 12.3. The fourth-order valence-corrected chi connectivity index (χ4v) is 2.66. The van der Waals surface area contributed by atoms with Crippen LogP contribution in [0.25, 0.3) is 0 Å². The molecule has 0 radical (unpaired) electrons. The van der Waals surface area contributed by atoms with Crippen LogP contribution >= 0.6 is 0 Å². The van der Waals surface area contributed by atoms with Crippen LogP contribution in [0.4, 0.5) is 0 Å². The van der Waals surface area contributed by atoms with Gasteiger partial charge in [-0.25, -0.2) is 0 Å². The third kappa shape index (κ3) is 3.21. The molecule has 0 unspecified atom stereocenters. The van der Waals surface area contributed by atoms with Gasteiger partial charge in [-0.05, 0) is 32.8 Å². The van der Waals surface area contributed by atoms with Gasteiger partial charge >= 0.3 is 7.05 Å². The van der Waals surface area contributed by atoms with Gasteiger partial charge in [0.25, 0.3) is 0 Å². The van der Waals surface area contributed by atoms with E-state index in [9.17, 15) is 9.82 Å². The quantitative estimate of drug-likeness (QED) is 0.622. The van der Waals surface area contributed by atoms with Gasteiger partial charge in [0.15, 0.2) is 0 Å². The van der Waals surface area contributed by atoms with E-state index in [1.54, 1.807) is 6.82 Å². The molecule has 2 aliphatic rings. The Morgan fingerprint density at radius 3 is 2.35 bits per heavy atom. The van der Waals surface area contributed by atoms with Gasteiger partial charge in [0.1, 0.15) is 0 Å². The number of hydrogen-bond donors (Lipinski definition) is 2. The van der Waals surface area contributed by atoms with Crippen molar-refractivity contribution in [2.75, 3.05) is 39.3 Å². The molecule has 2 N–H and O–H groups in total. The Morgan fingerprint density at radius 1 is 1.24 bits per heavy atom. The molecule has 96 valence electrons. The lowest BCUT2D eigenvalue weighted by molar-refractivity contribution is -0.137. The Balaban J connectivity index is 1.81. The van der Waals surface area contributed by atoms with Gasteiger partial charge in [-0.15, -0.1) is 0 Å². The minimum absolute atomic E-state index is 0.170. The summed E-state index contributed by atoms with van der Waals surface area (Å²) in [5.74, 6) is 0.486. The Bertz CT molecular complexity index is 261. The second-order valence-electron chi connectivity index (χ2n) is 5.02. The highest BCUT2D eigenvalue weighted by molar-refractivity contribution is 6.45. The first-order valence-corrected chi connectivity index (χ1v) is 6.60. The summed E-state index contributed by atoms with van der Waals surface area (Å²) in [5, 5.41) is 12.7.